The van der Waals surface area contributed by atoms with Gasteiger partial charge in [0.25, 0.3) is 0 Å². The molecule has 24 heavy (non-hydrogen) atoms. The van der Waals surface area contributed by atoms with Crippen LogP contribution >= 0.6 is 0 Å². The Morgan fingerprint density at radius 3 is 2.00 bits per heavy atom. The molecule has 0 spiro atoms. The molecule has 1 aliphatic heterocycles. The summed E-state index contributed by atoms with van der Waals surface area (Å²) in [4.78, 5) is 28.0. The van der Waals surface area contributed by atoms with Gasteiger partial charge in [-0.05, 0) is 45.3 Å². The van der Waals surface area contributed by atoms with Crippen molar-refractivity contribution in [3.63, 3.8) is 0 Å². The quantitative estimate of drug-likeness (QED) is 0.567. The number of nitrogens with zero attached hydrogens (tertiary/aromatic N) is 1. The van der Waals surface area contributed by atoms with Crippen molar-refractivity contribution in [3.8, 4) is 0 Å². The van der Waals surface area contributed by atoms with E-state index in [4.69, 9.17) is 9.47 Å². The van der Waals surface area contributed by atoms with E-state index in [-0.39, 0.29) is 13.2 Å². The van der Waals surface area contributed by atoms with E-state index in [9.17, 15) is 9.59 Å². The Bertz CT molecular complexity index is 520. The largest absolute Gasteiger partial charge is 0.465 e. The number of hydrogen-bond donors (Lipinski definition) is 0. The normalized spacial score (nSPS) is 15.8. The third-order valence-electron chi connectivity index (χ3n) is 4.42. The van der Waals surface area contributed by atoms with Crippen molar-refractivity contribution in [2.45, 2.75) is 38.5 Å². The summed E-state index contributed by atoms with van der Waals surface area (Å²) in [6, 6.07) is 9.14. The molecule has 0 amide bonds. The second-order valence-electron chi connectivity index (χ2n) is 6.05. The lowest BCUT2D eigenvalue weighted by molar-refractivity contribution is -0.166. The predicted octanol–water partition coefficient (Wildman–Crippen LogP) is 2.54. The highest BCUT2D eigenvalue weighted by molar-refractivity contribution is 6.06. The fourth-order valence-electron chi connectivity index (χ4n) is 3.22. The summed E-state index contributed by atoms with van der Waals surface area (Å²) in [5.74, 6) is -1.06. The molecule has 1 aliphatic rings. The SMILES string of the molecule is CCOC(=O)C(CN1CCCCC1)(C(=O)OCC)c1ccccc1. The Morgan fingerprint density at radius 1 is 0.958 bits per heavy atom. The first-order valence-electron chi connectivity index (χ1n) is 8.77. The minimum absolute atomic E-state index is 0.229. The van der Waals surface area contributed by atoms with Crippen molar-refractivity contribution in [2.24, 2.45) is 0 Å². The number of carbonyl (C=O) groups excluding carboxylic acids is 2. The van der Waals surface area contributed by atoms with Gasteiger partial charge in [-0.2, -0.15) is 0 Å². The van der Waals surface area contributed by atoms with Crippen LogP contribution in [0.1, 0.15) is 38.7 Å². The first kappa shape index (κ1) is 18.5. The lowest BCUT2D eigenvalue weighted by Gasteiger charge is -2.36. The van der Waals surface area contributed by atoms with Gasteiger partial charge in [0.2, 0.25) is 5.41 Å². The van der Waals surface area contributed by atoms with Crippen LogP contribution in [-0.2, 0) is 24.5 Å². The van der Waals surface area contributed by atoms with Crippen LogP contribution in [0.4, 0.5) is 0 Å². The molecule has 1 heterocycles. The van der Waals surface area contributed by atoms with Gasteiger partial charge in [-0.25, -0.2) is 0 Å². The minimum Gasteiger partial charge on any atom is -0.465 e. The minimum atomic E-state index is -1.43. The molecule has 132 valence electrons. The van der Waals surface area contributed by atoms with Gasteiger partial charge < -0.3 is 14.4 Å². The van der Waals surface area contributed by atoms with Crippen molar-refractivity contribution < 1.29 is 19.1 Å². The number of rotatable bonds is 7. The Hall–Kier alpha value is -1.88. The van der Waals surface area contributed by atoms with Crippen LogP contribution < -0.4 is 0 Å². The van der Waals surface area contributed by atoms with Crippen LogP contribution in [0, 0.1) is 0 Å². The van der Waals surface area contributed by atoms with Crippen LogP contribution in [0.3, 0.4) is 0 Å². The van der Waals surface area contributed by atoms with Crippen molar-refractivity contribution in [2.75, 3.05) is 32.8 Å². The van der Waals surface area contributed by atoms with Crippen molar-refractivity contribution in [1.82, 2.24) is 4.90 Å². The summed E-state index contributed by atoms with van der Waals surface area (Å²) in [5.41, 5.74) is -0.794. The summed E-state index contributed by atoms with van der Waals surface area (Å²) in [6.45, 7) is 6.02. The number of carbonyl (C=O) groups is 2. The first-order valence-corrected chi connectivity index (χ1v) is 8.77. The molecule has 5 heteroatoms. The maximum absolute atomic E-state index is 12.9. The molecule has 0 aliphatic carbocycles. The van der Waals surface area contributed by atoms with Crippen LogP contribution in [0.2, 0.25) is 0 Å². The van der Waals surface area contributed by atoms with E-state index >= 15 is 0 Å². The summed E-state index contributed by atoms with van der Waals surface area (Å²) in [7, 11) is 0. The maximum atomic E-state index is 12.9. The second kappa shape index (κ2) is 8.83. The predicted molar refractivity (Wildman–Crippen MR) is 91.7 cm³/mol. The van der Waals surface area contributed by atoms with Crippen molar-refractivity contribution in [3.05, 3.63) is 35.9 Å². The molecule has 2 rings (SSSR count). The summed E-state index contributed by atoms with van der Waals surface area (Å²) >= 11 is 0. The number of ether oxygens (including phenoxy) is 2. The van der Waals surface area contributed by atoms with Gasteiger partial charge in [0, 0.05) is 6.54 Å². The average molecular weight is 333 g/mol. The molecule has 0 unspecified atom stereocenters. The molecule has 0 N–H and O–H groups in total. The van der Waals surface area contributed by atoms with E-state index in [1.165, 1.54) is 6.42 Å². The molecule has 1 saturated heterocycles. The number of piperidine rings is 1. The van der Waals surface area contributed by atoms with Gasteiger partial charge >= 0.3 is 11.9 Å². The van der Waals surface area contributed by atoms with Crippen LogP contribution in [0.15, 0.2) is 30.3 Å². The molecule has 5 nitrogen and oxygen atoms in total. The molecule has 1 aromatic carbocycles. The molecule has 0 atom stereocenters. The van der Waals surface area contributed by atoms with Crippen LogP contribution in [0.5, 0.6) is 0 Å². The summed E-state index contributed by atoms with van der Waals surface area (Å²) in [6.07, 6.45) is 3.35. The third-order valence-corrected chi connectivity index (χ3v) is 4.42. The van der Waals surface area contributed by atoms with E-state index in [0.29, 0.717) is 12.1 Å². The Balaban J connectivity index is 2.45. The molecular weight excluding hydrogens is 306 g/mol. The molecular formula is C19H27NO4. The van der Waals surface area contributed by atoms with E-state index in [2.05, 4.69) is 4.90 Å². The van der Waals surface area contributed by atoms with Crippen LogP contribution in [-0.4, -0.2) is 49.7 Å². The monoisotopic (exact) mass is 333 g/mol. The standard InChI is InChI=1S/C19H27NO4/c1-3-23-17(21)19(18(22)24-4-2,16-11-7-5-8-12-16)15-20-13-9-6-10-14-20/h5,7-8,11-12H,3-4,6,9-10,13-15H2,1-2H3. The zero-order valence-corrected chi connectivity index (χ0v) is 14.6. The van der Waals surface area contributed by atoms with Gasteiger partial charge in [-0.3, -0.25) is 9.59 Å². The fourth-order valence-corrected chi connectivity index (χ4v) is 3.22. The highest BCUT2D eigenvalue weighted by atomic mass is 16.6. The lowest BCUT2D eigenvalue weighted by atomic mass is 9.79. The topological polar surface area (TPSA) is 55.8 Å². The molecule has 1 aromatic rings. The van der Waals surface area contributed by atoms with Gasteiger partial charge in [-0.1, -0.05) is 36.8 Å². The van der Waals surface area contributed by atoms with Gasteiger partial charge in [-0.15, -0.1) is 0 Å². The molecule has 0 saturated carbocycles. The lowest BCUT2D eigenvalue weighted by Crippen LogP contribution is -2.54. The fraction of sp³-hybridized carbons (Fsp3) is 0.579. The van der Waals surface area contributed by atoms with Gasteiger partial charge in [0.05, 0.1) is 13.2 Å². The number of esters is 2. The Labute approximate surface area is 143 Å². The number of hydrogen-bond acceptors (Lipinski definition) is 5. The first-order chi connectivity index (χ1) is 11.6. The molecule has 0 aromatic heterocycles. The maximum Gasteiger partial charge on any atom is 0.329 e. The van der Waals surface area contributed by atoms with E-state index in [1.54, 1.807) is 26.0 Å². The van der Waals surface area contributed by atoms with Gasteiger partial charge in [0.1, 0.15) is 0 Å². The molecule has 0 radical (unpaired) electrons. The number of benzene rings is 1. The van der Waals surface area contributed by atoms with Crippen molar-refractivity contribution in [1.29, 1.82) is 0 Å². The highest BCUT2D eigenvalue weighted by Gasteiger charge is 2.51. The summed E-state index contributed by atoms with van der Waals surface area (Å²) < 4.78 is 10.6. The Kier molecular flexibility index (Phi) is 6.79. The highest BCUT2D eigenvalue weighted by Crippen LogP contribution is 2.30. The third kappa shape index (κ3) is 3.96. The van der Waals surface area contributed by atoms with E-state index < -0.39 is 17.4 Å². The Morgan fingerprint density at radius 2 is 1.50 bits per heavy atom. The molecule has 1 fully saturated rings. The average Bonchev–Trinajstić information content (AvgIpc) is 2.61. The van der Waals surface area contributed by atoms with Crippen LogP contribution in [0.25, 0.3) is 0 Å². The van der Waals surface area contributed by atoms with Crippen molar-refractivity contribution >= 4 is 11.9 Å². The summed E-state index contributed by atoms with van der Waals surface area (Å²) in [5, 5.41) is 0. The zero-order valence-electron chi connectivity index (χ0n) is 14.6. The smallest absolute Gasteiger partial charge is 0.329 e. The molecule has 0 bridgehead atoms. The van der Waals surface area contributed by atoms with E-state index in [1.807, 2.05) is 18.2 Å². The van der Waals surface area contributed by atoms with E-state index in [0.717, 1.165) is 25.9 Å². The van der Waals surface area contributed by atoms with Gasteiger partial charge in [0.15, 0.2) is 0 Å². The zero-order chi connectivity index (χ0) is 17.4. The number of likely N-dealkylation sites (tertiary alicyclic amines) is 1. The second-order valence-corrected chi connectivity index (χ2v) is 6.05.